The van der Waals surface area contributed by atoms with Crippen molar-refractivity contribution in [3.8, 4) is 5.75 Å². The van der Waals surface area contributed by atoms with Crippen molar-refractivity contribution >= 4 is 46.7 Å². The van der Waals surface area contributed by atoms with E-state index in [1.165, 1.54) is 89.5 Å². The van der Waals surface area contributed by atoms with Crippen molar-refractivity contribution in [2.45, 2.75) is 99.0 Å². The minimum atomic E-state index is -1.77. The first-order valence-electron chi connectivity index (χ1n) is 36.0. The fraction of sp³-hybridized carbons (Fsp3) is 0.247. The summed E-state index contributed by atoms with van der Waals surface area (Å²) in [7, 11) is 11.6. The molecular weight excluding hydrogens is 1360 g/mol. The Morgan fingerprint density at radius 3 is 0.782 bits per heavy atom. The Morgan fingerprint density at radius 1 is 0.337 bits per heavy atom. The quantitative estimate of drug-likeness (QED) is 0.0290. The molecule has 1 aliphatic rings. The van der Waals surface area contributed by atoms with Gasteiger partial charge in [0.25, 0.3) is 0 Å². The van der Waals surface area contributed by atoms with E-state index in [1.54, 1.807) is 0 Å². The van der Waals surface area contributed by atoms with Crippen molar-refractivity contribution in [3.05, 3.63) is 383 Å². The van der Waals surface area contributed by atoms with Gasteiger partial charge in [0.05, 0.1) is 0 Å². The third-order valence-corrected chi connectivity index (χ3v) is 20.1. The number of rotatable bonds is 27. The van der Waals surface area contributed by atoms with E-state index in [2.05, 4.69) is 361 Å². The molecule has 520 valence electrons. The molecule has 0 aromatic heterocycles. The van der Waals surface area contributed by atoms with Crippen molar-refractivity contribution in [2.24, 2.45) is 23.7 Å². The van der Waals surface area contributed by atoms with Crippen molar-refractivity contribution in [1.82, 2.24) is 0 Å². The summed E-state index contributed by atoms with van der Waals surface area (Å²) >= 11 is -1.77. The zero-order valence-corrected chi connectivity index (χ0v) is 63.6. The zero-order chi connectivity index (χ0) is 70.8. The van der Waals surface area contributed by atoms with Gasteiger partial charge in [-0.3, -0.25) is 0 Å². The fourth-order valence-electron chi connectivity index (χ4n) is 14.5. The van der Waals surface area contributed by atoms with Gasteiger partial charge < -0.3 is 19.6 Å². The number of halogens is 2. The number of nitrogens with zero attached hydrogens (tertiary/aromatic N) is 4. The second-order valence-electron chi connectivity index (χ2n) is 28.6. The SMILES string of the molecule is CC(C)CN(CC(C)C)c1cc(C(c2ccccc2)c2ccccc2)c(N2C=CN(c3c(C(c4ccccc4)c4ccccc4)cc(N(CC(C)C)CC(C)C)cc3C(c3ccccc3)c3ccccc3)[CH-]2)c(C(c2ccccc2)c2ccccc2)c1.CC(C)Oc1ccccc1[CH]=[Ru]([Cl])[Cl]. The summed E-state index contributed by atoms with van der Waals surface area (Å²) in [4.78, 5) is 10.3. The molecule has 0 bridgehead atoms. The van der Waals surface area contributed by atoms with E-state index >= 15 is 0 Å². The predicted octanol–water partition coefficient (Wildman–Crippen LogP) is 24.1. The summed E-state index contributed by atoms with van der Waals surface area (Å²) in [5, 5.41) is 0. The van der Waals surface area contributed by atoms with E-state index < -0.39 is 13.5 Å². The molecule has 0 atom stereocenters. The fourth-order valence-corrected chi connectivity index (χ4v) is 16.3. The van der Waals surface area contributed by atoms with Crippen LogP contribution in [0.4, 0.5) is 22.7 Å². The van der Waals surface area contributed by atoms with E-state index in [9.17, 15) is 0 Å². The van der Waals surface area contributed by atoms with E-state index in [-0.39, 0.29) is 29.8 Å². The van der Waals surface area contributed by atoms with Gasteiger partial charge in [0.2, 0.25) is 0 Å². The summed E-state index contributed by atoms with van der Waals surface area (Å²) < 4.78 is 7.51. The molecule has 1 aliphatic heterocycles. The number of ether oxygens (including phenoxy) is 1. The molecular formula is C93H99Cl2N4ORu-. The van der Waals surface area contributed by atoms with E-state index in [0.717, 1.165) is 37.5 Å². The Morgan fingerprint density at radius 2 is 0.564 bits per heavy atom. The van der Waals surface area contributed by atoms with Crippen LogP contribution in [0.25, 0.3) is 0 Å². The Hall–Kier alpha value is -8.77. The van der Waals surface area contributed by atoms with E-state index in [4.69, 9.17) is 24.1 Å². The van der Waals surface area contributed by atoms with Crippen LogP contribution in [0, 0.1) is 30.3 Å². The molecule has 101 heavy (non-hydrogen) atoms. The summed E-state index contributed by atoms with van der Waals surface area (Å²) in [5.41, 5.74) is 20.8. The van der Waals surface area contributed by atoms with Crippen LogP contribution < -0.4 is 24.3 Å². The van der Waals surface area contributed by atoms with Gasteiger partial charge in [-0.25, -0.2) is 0 Å². The number of benzene rings is 11. The molecule has 0 fully saturated rings. The molecule has 0 amide bonds. The monoisotopic (exact) mass is 1460 g/mol. The molecule has 11 aromatic carbocycles. The number of hydrogen-bond acceptors (Lipinski definition) is 5. The first-order chi connectivity index (χ1) is 49.1. The van der Waals surface area contributed by atoms with Crippen LogP contribution in [0.1, 0.15) is 165 Å². The second kappa shape index (κ2) is 35.7. The van der Waals surface area contributed by atoms with Crippen molar-refractivity contribution < 1.29 is 18.3 Å². The molecule has 11 aromatic rings. The van der Waals surface area contributed by atoms with Gasteiger partial charge in [0.1, 0.15) is 0 Å². The summed E-state index contributed by atoms with van der Waals surface area (Å²) in [6.45, 7) is 29.0. The summed E-state index contributed by atoms with van der Waals surface area (Å²) in [5.74, 6) is 2.14. The first kappa shape index (κ1) is 73.5. The van der Waals surface area contributed by atoms with Crippen LogP contribution >= 0.6 is 19.4 Å². The maximum absolute atomic E-state index is 5.82. The molecule has 0 spiro atoms. The zero-order valence-electron chi connectivity index (χ0n) is 60.4. The minimum absolute atomic E-state index is 0.122. The Bertz CT molecular complexity index is 3760. The summed E-state index contributed by atoms with van der Waals surface area (Å²) in [6.07, 6.45) is 4.87. The maximum atomic E-state index is 5.82. The molecule has 5 nitrogen and oxygen atoms in total. The number of hydrogen-bond donors (Lipinski definition) is 0. The molecule has 0 saturated heterocycles. The first-order valence-corrected chi connectivity index (χ1v) is 41.5. The Balaban J connectivity index is 0.000000656. The van der Waals surface area contributed by atoms with Gasteiger partial charge in [-0.05, 0) is 127 Å². The van der Waals surface area contributed by atoms with E-state index in [0.29, 0.717) is 23.7 Å². The van der Waals surface area contributed by atoms with Gasteiger partial charge in [-0.15, -0.1) is 6.67 Å². The average molecular weight is 1460 g/mol. The molecule has 0 radical (unpaired) electrons. The Labute approximate surface area is 617 Å². The van der Waals surface area contributed by atoms with E-state index in [1.807, 2.05) is 42.7 Å². The standard InChI is InChI=1S/C83H87N4.C10H12O.2ClH.Ru/c1-60(2)55-86(56-61(3)4)72-51-74(78(64-33-17-9-18-34-64)65-35-19-10-20-36-65)82(75(52-72)79(66-37-21-11-22-38-66)67-39-23-12-24-40-67)84-49-50-85(59-84)83-76(80(68-41-25-13-26-42-68)69-43-27-14-28-44-69)53-73(87(57-62(5)6)58-63(7)8)54-77(83)81(70-45-29-15-30-46-70)71-47-31-16-32-48-71;1-8(2)11-10-7-5-4-6-9(10)3;;;/h9-54,59-63,78-81H,55-58H2,1-8H3;3-8H,1-2H3;2*1H;/q-1;;;;+2/p-2. The molecule has 0 saturated carbocycles. The number of para-hydroxylation sites is 1. The van der Waals surface area contributed by atoms with Crippen LogP contribution in [-0.2, 0) is 13.5 Å². The van der Waals surface area contributed by atoms with Gasteiger partial charge in [-0.1, -0.05) is 298 Å². The van der Waals surface area contributed by atoms with Crippen LogP contribution in [0.2, 0.25) is 0 Å². The molecule has 0 N–H and O–H groups in total. The third kappa shape index (κ3) is 19.1. The topological polar surface area (TPSA) is 22.2 Å². The van der Waals surface area contributed by atoms with Gasteiger partial charge in [-0.2, -0.15) is 0 Å². The van der Waals surface area contributed by atoms with Gasteiger partial charge in [0, 0.05) is 72.6 Å². The third-order valence-electron chi connectivity index (χ3n) is 18.3. The normalized spacial score (nSPS) is 12.4. The molecule has 12 rings (SSSR count). The average Bonchev–Trinajstić information content (AvgIpc) is 1.72. The van der Waals surface area contributed by atoms with Crippen LogP contribution in [0.3, 0.4) is 0 Å². The van der Waals surface area contributed by atoms with Crippen molar-refractivity contribution in [3.63, 3.8) is 0 Å². The van der Waals surface area contributed by atoms with Crippen molar-refractivity contribution in [2.75, 3.05) is 45.8 Å². The molecule has 0 aliphatic carbocycles. The number of anilines is 4. The predicted molar refractivity (Wildman–Crippen MR) is 429 cm³/mol. The summed E-state index contributed by atoms with van der Waals surface area (Å²) in [6, 6.07) is 108. The van der Waals surface area contributed by atoms with Gasteiger partial charge in [0.15, 0.2) is 0 Å². The van der Waals surface area contributed by atoms with Crippen LogP contribution in [0.15, 0.2) is 304 Å². The second-order valence-corrected chi connectivity index (χ2v) is 34.3. The molecule has 8 heteroatoms. The van der Waals surface area contributed by atoms with Crippen LogP contribution in [0.5, 0.6) is 5.75 Å². The van der Waals surface area contributed by atoms with Gasteiger partial charge >= 0.3 is 97.8 Å². The molecule has 0 unspecified atom stereocenters. The van der Waals surface area contributed by atoms with Crippen LogP contribution in [-0.4, -0.2) is 36.9 Å². The Kier molecular flexibility index (Phi) is 26.0. The van der Waals surface area contributed by atoms with Crippen molar-refractivity contribution in [1.29, 1.82) is 0 Å². The molecule has 1 heterocycles.